The van der Waals surface area contributed by atoms with Crippen molar-refractivity contribution in [3.05, 3.63) is 34.4 Å². The quantitative estimate of drug-likeness (QED) is 0.503. The van der Waals surface area contributed by atoms with E-state index in [0.717, 1.165) is 0 Å². The predicted octanol–water partition coefficient (Wildman–Crippen LogP) is 2.43. The van der Waals surface area contributed by atoms with E-state index in [9.17, 15) is 21.6 Å². The number of aromatic nitrogens is 2. The van der Waals surface area contributed by atoms with Crippen molar-refractivity contribution < 1.29 is 25.8 Å². The SMILES string of the molecule is CCCS(=O)(=O)Oc1c(-c2ccc3c(c2C)CCC(=C=O)S3(=O)=O)cnn1CC. The van der Waals surface area contributed by atoms with Crippen LogP contribution in [0.5, 0.6) is 5.88 Å². The second kappa shape index (κ2) is 7.78. The highest BCUT2D eigenvalue weighted by molar-refractivity contribution is 7.95. The summed E-state index contributed by atoms with van der Waals surface area (Å²) in [5.41, 5.74) is 2.40. The van der Waals surface area contributed by atoms with E-state index in [4.69, 9.17) is 4.18 Å². The first-order chi connectivity index (χ1) is 13.7. The first kappa shape index (κ1) is 21.3. The van der Waals surface area contributed by atoms with Gasteiger partial charge in [0.25, 0.3) is 0 Å². The zero-order chi connectivity index (χ0) is 21.4. The molecule has 0 bridgehead atoms. The number of allylic oxidation sites excluding steroid dienone is 1. The highest BCUT2D eigenvalue weighted by Gasteiger charge is 2.32. The van der Waals surface area contributed by atoms with Gasteiger partial charge in [0.15, 0.2) is 0 Å². The van der Waals surface area contributed by atoms with Crippen LogP contribution in [0.25, 0.3) is 11.1 Å². The molecule has 8 nitrogen and oxygen atoms in total. The van der Waals surface area contributed by atoms with Crippen LogP contribution in [0.4, 0.5) is 0 Å². The van der Waals surface area contributed by atoms with Gasteiger partial charge in [-0.25, -0.2) is 17.9 Å². The summed E-state index contributed by atoms with van der Waals surface area (Å²) in [6.07, 6.45) is 2.40. The lowest BCUT2D eigenvalue weighted by molar-refractivity contribution is 0.444. The maximum Gasteiger partial charge on any atom is 0.310 e. The number of aryl methyl sites for hydroxylation is 1. The van der Waals surface area contributed by atoms with Crippen molar-refractivity contribution in [3.63, 3.8) is 0 Å². The Hall–Kier alpha value is -2.42. The van der Waals surface area contributed by atoms with Crippen LogP contribution in [0.1, 0.15) is 37.8 Å². The van der Waals surface area contributed by atoms with Gasteiger partial charge in [-0.05, 0) is 55.9 Å². The van der Waals surface area contributed by atoms with E-state index in [1.54, 1.807) is 19.9 Å². The van der Waals surface area contributed by atoms with Crippen molar-refractivity contribution in [2.75, 3.05) is 5.75 Å². The molecule has 2 aromatic rings. The Kier molecular flexibility index (Phi) is 5.71. The van der Waals surface area contributed by atoms with Gasteiger partial charge in [0.1, 0.15) is 10.8 Å². The molecule has 1 aliphatic heterocycles. The summed E-state index contributed by atoms with van der Waals surface area (Å²) in [6, 6.07) is 3.03. The normalized spacial score (nSPS) is 15.6. The first-order valence-electron chi connectivity index (χ1n) is 9.26. The van der Waals surface area contributed by atoms with Gasteiger partial charge in [-0.15, -0.1) is 0 Å². The molecule has 10 heteroatoms. The van der Waals surface area contributed by atoms with Gasteiger partial charge in [0, 0.05) is 6.54 Å². The highest BCUT2D eigenvalue weighted by atomic mass is 32.2. The molecule has 0 spiro atoms. The van der Waals surface area contributed by atoms with Gasteiger partial charge in [-0.3, -0.25) is 0 Å². The molecule has 29 heavy (non-hydrogen) atoms. The summed E-state index contributed by atoms with van der Waals surface area (Å²) in [6.45, 7) is 5.74. The molecule has 0 aliphatic carbocycles. The standard InChI is InChI=1S/C19H22N2O6S2/c1-4-10-28(23,24)27-19-17(11-20-21(19)5-2)15-8-9-18-16(13(15)3)7-6-14(12-22)29(18,25)26/h8-9,11H,4-7,10H2,1-3H3. The third-order valence-corrected chi connectivity index (χ3v) is 8.14. The zero-order valence-corrected chi connectivity index (χ0v) is 18.1. The minimum Gasteiger partial charge on any atom is -0.361 e. The number of rotatable bonds is 6. The summed E-state index contributed by atoms with van der Waals surface area (Å²) < 4.78 is 56.5. The summed E-state index contributed by atoms with van der Waals surface area (Å²) in [7, 11) is -7.64. The summed E-state index contributed by atoms with van der Waals surface area (Å²) in [5, 5.41) is 4.22. The number of sulfone groups is 1. The van der Waals surface area contributed by atoms with Gasteiger partial charge < -0.3 is 4.18 Å². The maximum atomic E-state index is 12.6. The lowest BCUT2D eigenvalue weighted by Crippen LogP contribution is -2.17. The van der Waals surface area contributed by atoms with Crippen LogP contribution in [0.15, 0.2) is 28.1 Å². The highest BCUT2D eigenvalue weighted by Crippen LogP contribution is 2.40. The molecule has 156 valence electrons. The second-order valence-corrected chi connectivity index (χ2v) is 10.4. The molecule has 1 aromatic heterocycles. The van der Waals surface area contributed by atoms with E-state index in [1.165, 1.54) is 22.9 Å². The van der Waals surface area contributed by atoms with E-state index in [-0.39, 0.29) is 27.9 Å². The molecule has 0 N–H and O–H groups in total. The molecule has 0 unspecified atom stereocenters. The van der Waals surface area contributed by atoms with Crippen molar-refractivity contribution in [1.29, 1.82) is 0 Å². The van der Waals surface area contributed by atoms with Crippen LogP contribution in [0.2, 0.25) is 0 Å². The van der Waals surface area contributed by atoms with Gasteiger partial charge in [-0.1, -0.05) is 13.0 Å². The average Bonchev–Trinajstić information content (AvgIpc) is 3.04. The molecule has 0 fully saturated rings. The van der Waals surface area contributed by atoms with Crippen LogP contribution < -0.4 is 4.18 Å². The Bertz CT molecular complexity index is 1220. The van der Waals surface area contributed by atoms with E-state index >= 15 is 0 Å². The summed E-state index contributed by atoms with van der Waals surface area (Å²) in [4.78, 5) is 10.8. The number of hydrogen-bond acceptors (Lipinski definition) is 7. The monoisotopic (exact) mass is 438 g/mol. The predicted molar refractivity (Wildman–Crippen MR) is 107 cm³/mol. The van der Waals surface area contributed by atoms with E-state index in [1.807, 2.05) is 6.92 Å². The van der Waals surface area contributed by atoms with E-state index in [0.29, 0.717) is 41.6 Å². The summed E-state index contributed by atoms with van der Waals surface area (Å²) in [5.74, 6) is 1.52. The van der Waals surface area contributed by atoms with Gasteiger partial charge >= 0.3 is 10.1 Å². The molecular weight excluding hydrogens is 416 g/mol. The van der Waals surface area contributed by atoms with E-state index in [2.05, 4.69) is 5.10 Å². The molecule has 0 saturated carbocycles. The van der Waals surface area contributed by atoms with Crippen molar-refractivity contribution in [2.45, 2.75) is 51.5 Å². The van der Waals surface area contributed by atoms with Crippen molar-refractivity contribution >= 4 is 25.9 Å². The van der Waals surface area contributed by atoms with Gasteiger partial charge in [0.05, 0.1) is 22.4 Å². The Morgan fingerprint density at radius 3 is 2.55 bits per heavy atom. The van der Waals surface area contributed by atoms with E-state index < -0.39 is 20.0 Å². The lowest BCUT2D eigenvalue weighted by atomic mass is 9.95. The Morgan fingerprint density at radius 1 is 1.21 bits per heavy atom. The van der Waals surface area contributed by atoms with Crippen LogP contribution in [0.3, 0.4) is 0 Å². The number of hydrogen-bond donors (Lipinski definition) is 0. The smallest absolute Gasteiger partial charge is 0.310 e. The number of benzene rings is 1. The molecule has 0 atom stereocenters. The Labute approximate surface area is 170 Å². The van der Waals surface area contributed by atoms with Gasteiger partial charge in [0.2, 0.25) is 15.7 Å². The Balaban J connectivity index is 2.17. The molecule has 1 aliphatic rings. The number of nitrogens with zero attached hydrogens (tertiary/aromatic N) is 2. The fraction of sp³-hybridized carbons (Fsp3) is 0.421. The maximum absolute atomic E-state index is 12.6. The van der Waals surface area contributed by atoms with Gasteiger partial charge in [-0.2, -0.15) is 13.5 Å². The van der Waals surface area contributed by atoms with Crippen LogP contribution in [-0.2, 0) is 37.7 Å². The fourth-order valence-corrected chi connectivity index (χ4v) is 6.05. The molecule has 1 aromatic carbocycles. The largest absolute Gasteiger partial charge is 0.361 e. The van der Waals surface area contributed by atoms with Crippen molar-refractivity contribution in [2.24, 2.45) is 0 Å². The van der Waals surface area contributed by atoms with Crippen LogP contribution >= 0.6 is 0 Å². The van der Waals surface area contributed by atoms with Crippen LogP contribution in [-0.4, -0.2) is 38.3 Å². The van der Waals surface area contributed by atoms with Crippen molar-refractivity contribution in [3.8, 4) is 17.0 Å². The molecule has 0 radical (unpaired) electrons. The molecular formula is C19H22N2O6S2. The minimum atomic E-state index is -3.85. The topological polar surface area (TPSA) is 112 Å². The molecule has 0 saturated heterocycles. The molecule has 3 rings (SSSR count). The summed E-state index contributed by atoms with van der Waals surface area (Å²) >= 11 is 0. The molecule has 0 amide bonds. The molecule has 2 heterocycles. The average molecular weight is 439 g/mol. The third kappa shape index (κ3) is 3.75. The minimum absolute atomic E-state index is 0.0889. The second-order valence-electron chi connectivity index (χ2n) is 6.77. The first-order valence-corrected chi connectivity index (χ1v) is 12.3. The van der Waals surface area contributed by atoms with Crippen LogP contribution in [0, 0.1) is 6.92 Å². The zero-order valence-electron chi connectivity index (χ0n) is 16.4. The Morgan fingerprint density at radius 2 is 1.93 bits per heavy atom. The van der Waals surface area contributed by atoms with Crippen molar-refractivity contribution in [1.82, 2.24) is 9.78 Å². The third-order valence-electron chi connectivity index (χ3n) is 4.93. The lowest BCUT2D eigenvalue weighted by Gasteiger charge is -2.21. The number of carbonyl (C=O) groups excluding carboxylic acids is 1. The fourth-order valence-electron chi connectivity index (χ4n) is 3.48. The number of fused-ring (bicyclic) bond motifs is 1.